The second-order valence-electron chi connectivity index (χ2n) is 7.99. The van der Waals surface area contributed by atoms with E-state index >= 15 is 0 Å². The Bertz CT molecular complexity index is 1500. The quantitative estimate of drug-likeness (QED) is 0.194. The Kier molecular flexibility index (Phi) is 8.85. The number of methoxy groups -OCH3 is 1. The van der Waals surface area contributed by atoms with Crippen molar-refractivity contribution in [3.8, 4) is 17.6 Å². The Morgan fingerprint density at radius 1 is 1.13 bits per heavy atom. The van der Waals surface area contributed by atoms with Crippen molar-refractivity contribution in [2.24, 2.45) is 0 Å². The van der Waals surface area contributed by atoms with Crippen LogP contribution in [-0.4, -0.2) is 36.4 Å². The van der Waals surface area contributed by atoms with E-state index in [1.54, 1.807) is 36.4 Å². The van der Waals surface area contributed by atoms with Crippen LogP contribution < -0.4 is 20.1 Å². The molecule has 0 radical (unpaired) electrons. The lowest BCUT2D eigenvalue weighted by molar-refractivity contribution is -0.127. The van der Waals surface area contributed by atoms with Crippen LogP contribution in [-0.2, 0) is 16.2 Å². The minimum Gasteiger partial charge on any atom is -0.495 e. The van der Waals surface area contributed by atoms with E-state index in [-0.39, 0.29) is 12.3 Å². The third kappa shape index (κ3) is 6.25. The minimum absolute atomic E-state index is 0.0140. The third-order valence-corrected chi connectivity index (χ3v) is 6.92. The van der Waals surface area contributed by atoms with Gasteiger partial charge in [-0.05, 0) is 81.6 Å². The molecular weight excluding hydrogens is 714 g/mol. The molecule has 4 rings (SSSR count). The first kappa shape index (κ1) is 27.4. The number of carbonyl (C=O) groups is 3. The van der Waals surface area contributed by atoms with Crippen LogP contribution in [0.15, 0.2) is 66.4 Å². The molecule has 3 aromatic carbocycles. The molecule has 0 aliphatic carbocycles. The molecule has 2 N–H and O–H groups in total. The maximum absolute atomic E-state index is 13.1. The van der Waals surface area contributed by atoms with E-state index in [1.165, 1.54) is 13.2 Å². The van der Waals surface area contributed by atoms with Crippen LogP contribution in [0.25, 0.3) is 6.08 Å². The van der Waals surface area contributed by atoms with Crippen molar-refractivity contribution in [2.45, 2.75) is 6.61 Å². The number of nitriles is 1. The number of anilines is 1. The second kappa shape index (κ2) is 12.3. The normalized spacial score (nSPS) is 13.7. The van der Waals surface area contributed by atoms with Gasteiger partial charge in [0.05, 0.1) is 28.0 Å². The molecule has 0 unspecified atom stereocenters. The lowest BCUT2D eigenvalue weighted by Crippen LogP contribution is -2.38. The molecule has 9 nitrogen and oxygen atoms in total. The fourth-order valence-electron chi connectivity index (χ4n) is 3.70. The first-order valence-corrected chi connectivity index (χ1v) is 13.3. The summed E-state index contributed by atoms with van der Waals surface area (Å²) in [6.07, 6.45) is 1.52. The molecule has 4 amide bonds. The average molecular weight is 734 g/mol. The van der Waals surface area contributed by atoms with Gasteiger partial charge in [0.25, 0.3) is 5.91 Å². The standard InChI is InChI=1S/C27H20I2N4O5/c1-37-23-9-5-4-8-21(23)31-24(34)14-33-26(35)22(32-27(33)36)11-18-10-19(28)12-20(29)25(18)38-15-17-7-3-2-6-16(17)13-30/h2-12H,14-15H2,1H3,(H,31,34)(H,32,36)/b22-11+. The van der Waals surface area contributed by atoms with Gasteiger partial charge in [-0.25, -0.2) is 9.69 Å². The molecule has 11 heteroatoms. The fraction of sp³-hybridized carbons (Fsp3) is 0.111. The maximum Gasteiger partial charge on any atom is 0.329 e. The molecule has 38 heavy (non-hydrogen) atoms. The Morgan fingerprint density at radius 2 is 1.87 bits per heavy atom. The van der Waals surface area contributed by atoms with Crippen molar-refractivity contribution in [2.75, 3.05) is 19.0 Å². The van der Waals surface area contributed by atoms with Crippen LogP contribution >= 0.6 is 45.2 Å². The largest absolute Gasteiger partial charge is 0.495 e. The first-order chi connectivity index (χ1) is 18.3. The van der Waals surface area contributed by atoms with Gasteiger partial charge in [-0.2, -0.15) is 5.26 Å². The first-order valence-electron chi connectivity index (χ1n) is 11.2. The van der Waals surface area contributed by atoms with E-state index in [4.69, 9.17) is 9.47 Å². The summed E-state index contributed by atoms with van der Waals surface area (Å²) in [5, 5.41) is 14.6. The van der Waals surface area contributed by atoms with E-state index < -0.39 is 24.4 Å². The number of urea groups is 1. The van der Waals surface area contributed by atoms with E-state index in [2.05, 4.69) is 61.9 Å². The number of carbonyl (C=O) groups excluding carboxylic acids is 3. The number of hydrogen-bond donors (Lipinski definition) is 2. The van der Waals surface area contributed by atoms with Gasteiger partial charge < -0.3 is 20.1 Å². The summed E-state index contributed by atoms with van der Waals surface area (Å²) in [6.45, 7) is -0.329. The van der Waals surface area contributed by atoms with Crippen molar-refractivity contribution in [1.82, 2.24) is 10.2 Å². The maximum atomic E-state index is 13.1. The van der Waals surface area contributed by atoms with Gasteiger partial charge in [0, 0.05) is 14.7 Å². The predicted molar refractivity (Wildman–Crippen MR) is 157 cm³/mol. The fourth-order valence-corrected chi connectivity index (χ4v) is 5.74. The van der Waals surface area contributed by atoms with Gasteiger partial charge in [-0.15, -0.1) is 0 Å². The number of ether oxygens (including phenoxy) is 2. The van der Waals surface area contributed by atoms with Gasteiger partial charge >= 0.3 is 6.03 Å². The molecular formula is C27H20I2N4O5. The molecule has 3 aromatic rings. The molecule has 0 aromatic heterocycles. The number of hydrogen-bond acceptors (Lipinski definition) is 6. The molecule has 0 atom stereocenters. The summed E-state index contributed by atoms with van der Waals surface area (Å²) in [4.78, 5) is 39.1. The summed E-state index contributed by atoms with van der Waals surface area (Å²) in [5.41, 5.74) is 2.24. The molecule has 192 valence electrons. The number of nitrogens with zero attached hydrogens (tertiary/aromatic N) is 2. The van der Waals surface area contributed by atoms with Crippen LogP contribution in [0.5, 0.6) is 11.5 Å². The van der Waals surface area contributed by atoms with E-state index in [9.17, 15) is 19.6 Å². The highest BCUT2D eigenvalue weighted by Gasteiger charge is 2.35. The number of rotatable bonds is 8. The highest BCUT2D eigenvalue weighted by Crippen LogP contribution is 2.32. The Balaban J connectivity index is 1.54. The van der Waals surface area contributed by atoms with Crippen molar-refractivity contribution in [3.63, 3.8) is 0 Å². The van der Waals surface area contributed by atoms with Crippen molar-refractivity contribution in [1.29, 1.82) is 5.26 Å². The van der Waals surface area contributed by atoms with E-state index in [0.29, 0.717) is 28.3 Å². The van der Waals surface area contributed by atoms with Crippen molar-refractivity contribution < 1.29 is 23.9 Å². The SMILES string of the molecule is COc1ccccc1NC(=O)CN1C(=O)N/C(=C/c2cc(I)cc(I)c2OCc2ccccc2C#N)C1=O. The average Bonchev–Trinajstić information content (AvgIpc) is 3.15. The number of imide groups is 1. The Morgan fingerprint density at radius 3 is 2.63 bits per heavy atom. The Labute approximate surface area is 246 Å². The highest BCUT2D eigenvalue weighted by atomic mass is 127. The van der Waals surface area contributed by atoms with Gasteiger partial charge in [-0.3, -0.25) is 9.59 Å². The molecule has 0 saturated carbocycles. The lowest BCUT2D eigenvalue weighted by Gasteiger charge is -2.14. The van der Waals surface area contributed by atoms with Crippen LogP contribution in [0, 0.1) is 18.5 Å². The van der Waals surface area contributed by atoms with Crippen molar-refractivity contribution >= 4 is 74.8 Å². The number of halogens is 2. The smallest absolute Gasteiger partial charge is 0.329 e. The summed E-state index contributed by atoms with van der Waals surface area (Å²) < 4.78 is 13.0. The number of para-hydroxylation sites is 2. The second-order valence-corrected chi connectivity index (χ2v) is 10.4. The van der Waals surface area contributed by atoms with Crippen molar-refractivity contribution in [3.05, 3.63) is 90.2 Å². The zero-order chi connectivity index (χ0) is 27.2. The van der Waals surface area contributed by atoms with Gasteiger partial charge in [0.15, 0.2) is 0 Å². The number of nitrogens with one attached hydrogen (secondary N) is 2. The highest BCUT2D eigenvalue weighted by molar-refractivity contribution is 14.1. The topological polar surface area (TPSA) is 121 Å². The molecule has 1 aliphatic heterocycles. The van der Waals surface area contributed by atoms with Crippen LogP contribution in [0.2, 0.25) is 0 Å². The van der Waals surface area contributed by atoms with E-state index in [0.717, 1.165) is 17.6 Å². The zero-order valence-corrected chi connectivity index (χ0v) is 24.3. The summed E-state index contributed by atoms with van der Waals surface area (Å²) in [7, 11) is 1.48. The van der Waals surface area contributed by atoms with Crippen LogP contribution in [0.3, 0.4) is 0 Å². The molecule has 1 saturated heterocycles. The minimum atomic E-state index is -0.706. The molecule has 1 fully saturated rings. The zero-order valence-electron chi connectivity index (χ0n) is 20.0. The molecule has 0 bridgehead atoms. The Hall–Kier alpha value is -3.64. The predicted octanol–water partition coefficient (Wildman–Crippen LogP) is 4.89. The number of benzene rings is 3. The summed E-state index contributed by atoms with van der Waals surface area (Å²) in [6, 6.07) is 19.1. The third-order valence-electron chi connectivity index (χ3n) is 5.49. The molecule has 0 spiro atoms. The number of amides is 4. The van der Waals surface area contributed by atoms with Gasteiger partial charge in [0.2, 0.25) is 5.91 Å². The molecule has 1 heterocycles. The van der Waals surface area contributed by atoms with Gasteiger partial charge in [0.1, 0.15) is 30.3 Å². The monoisotopic (exact) mass is 734 g/mol. The lowest BCUT2D eigenvalue weighted by atomic mass is 10.1. The summed E-state index contributed by atoms with van der Waals surface area (Å²) in [5.74, 6) is -0.236. The van der Waals surface area contributed by atoms with Crippen LogP contribution in [0.1, 0.15) is 16.7 Å². The molecule has 1 aliphatic rings. The van der Waals surface area contributed by atoms with Gasteiger partial charge in [-0.1, -0.05) is 30.3 Å². The summed E-state index contributed by atoms with van der Waals surface area (Å²) >= 11 is 4.29. The van der Waals surface area contributed by atoms with Crippen LogP contribution in [0.4, 0.5) is 10.5 Å². The van der Waals surface area contributed by atoms with E-state index in [1.807, 2.05) is 24.3 Å².